The first-order chi connectivity index (χ1) is 10.1. The number of thiocyanates is 1. The summed E-state index contributed by atoms with van der Waals surface area (Å²) < 4.78 is 0. The first kappa shape index (κ1) is 15.5. The first-order valence-corrected chi connectivity index (χ1v) is 7.79. The van der Waals surface area contributed by atoms with Crippen molar-refractivity contribution in [3.8, 4) is 5.40 Å². The Labute approximate surface area is 127 Å². The fourth-order valence-electron chi connectivity index (χ4n) is 2.48. The van der Waals surface area contributed by atoms with E-state index < -0.39 is 4.92 Å². The van der Waals surface area contributed by atoms with Crippen LogP contribution in [0.25, 0.3) is 0 Å². The van der Waals surface area contributed by atoms with Crippen LogP contribution in [0.4, 0.5) is 11.5 Å². The van der Waals surface area contributed by atoms with Crippen molar-refractivity contribution in [3.05, 3.63) is 15.9 Å². The molecule has 8 heteroatoms. The lowest BCUT2D eigenvalue weighted by molar-refractivity contribution is -0.387. The number of anilines is 1. The summed E-state index contributed by atoms with van der Waals surface area (Å²) in [6, 6.07) is 0. The van der Waals surface area contributed by atoms with Gasteiger partial charge in [-0.25, -0.2) is 9.97 Å². The summed E-state index contributed by atoms with van der Waals surface area (Å²) in [5, 5.41) is 22.2. The molecular weight excluding hydrogens is 290 g/mol. The zero-order chi connectivity index (χ0) is 15.2. The van der Waals surface area contributed by atoms with Crippen molar-refractivity contribution in [2.24, 2.45) is 0 Å². The monoisotopic (exact) mass is 307 g/mol. The lowest BCUT2D eigenvalue weighted by Crippen LogP contribution is -2.29. The molecule has 1 saturated heterocycles. The third-order valence-corrected chi connectivity index (χ3v) is 4.00. The Morgan fingerprint density at radius 1 is 1.24 bits per heavy atom. The van der Waals surface area contributed by atoms with E-state index in [-0.39, 0.29) is 10.7 Å². The number of nitriles is 1. The zero-order valence-electron chi connectivity index (χ0n) is 11.9. The maximum atomic E-state index is 11.4. The van der Waals surface area contributed by atoms with Gasteiger partial charge in [-0.1, -0.05) is 19.3 Å². The number of aryl methyl sites for hydroxylation is 1. The molecule has 1 aromatic rings. The van der Waals surface area contributed by atoms with Gasteiger partial charge in [0, 0.05) is 24.9 Å². The summed E-state index contributed by atoms with van der Waals surface area (Å²) in [6.45, 7) is 3.21. The predicted octanol–water partition coefficient (Wildman–Crippen LogP) is 3.04. The Balaban J connectivity index is 2.44. The third-order valence-electron chi connectivity index (χ3n) is 3.43. The van der Waals surface area contributed by atoms with Crippen molar-refractivity contribution in [1.82, 2.24) is 9.97 Å². The molecule has 0 unspecified atom stereocenters. The van der Waals surface area contributed by atoms with E-state index in [1.54, 1.807) is 6.92 Å². The molecule has 0 spiro atoms. The summed E-state index contributed by atoms with van der Waals surface area (Å²) in [7, 11) is 0. The minimum absolute atomic E-state index is 0.132. The van der Waals surface area contributed by atoms with E-state index in [1.807, 2.05) is 10.3 Å². The van der Waals surface area contributed by atoms with Crippen LogP contribution in [-0.4, -0.2) is 28.0 Å². The van der Waals surface area contributed by atoms with Crippen LogP contribution in [0, 0.1) is 27.7 Å². The molecule has 0 aliphatic carbocycles. The van der Waals surface area contributed by atoms with E-state index in [2.05, 4.69) is 9.97 Å². The molecule has 2 rings (SSSR count). The van der Waals surface area contributed by atoms with Gasteiger partial charge in [-0.2, -0.15) is 5.26 Å². The Morgan fingerprint density at radius 2 is 1.86 bits per heavy atom. The van der Waals surface area contributed by atoms with E-state index >= 15 is 0 Å². The lowest BCUT2D eigenvalue weighted by atomic mass is 10.1. The third kappa shape index (κ3) is 3.82. The second-order valence-electron chi connectivity index (χ2n) is 4.95. The van der Waals surface area contributed by atoms with Crippen molar-refractivity contribution in [2.45, 2.75) is 44.1 Å². The van der Waals surface area contributed by atoms with Crippen molar-refractivity contribution in [1.29, 1.82) is 5.26 Å². The van der Waals surface area contributed by atoms with Crippen LogP contribution in [0.15, 0.2) is 5.03 Å². The number of rotatable bonds is 3. The summed E-state index contributed by atoms with van der Waals surface area (Å²) in [5.74, 6) is 0.808. The topological polar surface area (TPSA) is 95.9 Å². The van der Waals surface area contributed by atoms with Gasteiger partial charge >= 0.3 is 5.69 Å². The molecule has 0 saturated carbocycles. The molecule has 0 amide bonds. The molecule has 0 radical (unpaired) electrons. The number of hydrogen-bond acceptors (Lipinski definition) is 7. The number of nitro groups is 1. The van der Waals surface area contributed by atoms with Crippen molar-refractivity contribution >= 4 is 23.3 Å². The Bertz CT molecular complexity index is 564. The van der Waals surface area contributed by atoms with Crippen LogP contribution in [0.5, 0.6) is 0 Å². The molecule has 0 aromatic carbocycles. The summed E-state index contributed by atoms with van der Waals surface area (Å²) in [4.78, 5) is 21.2. The van der Waals surface area contributed by atoms with Gasteiger partial charge < -0.3 is 4.90 Å². The Kier molecular flexibility index (Phi) is 5.33. The van der Waals surface area contributed by atoms with Gasteiger partial charge in [0.15, 0.2) is 5.03 Å². The second-order valence-corrected chi connectivity index (χ2v) is 5.73. The van der Waals surface area contributed by atoms with E-state index in [9.17, 15) is 10.1 Å². The molecule has 0 atom stereocenters. The largest absolute Gasteiger partial charge is 0.351 e. The normalized spacial score (nSPS) is 15.9. The molecule has 2 heterocycles. The Hall–Kier alpha value is -1.88. The minimum atomic E-state index is -0.479. The molecule has 0 bridgehead atoms. The van der Waals surface area contributed by atoms with Crippen molar-refractivity contribution in [3.63, 3.8) is 0 Å². The second kappa shape index (κ2) is 7.22. The highest BCUT2D eigenvalue weighted by Crippen LogP contribution is 2.35. The molecule has 1 aromatic heterocycles. The summed E-state index contributed by atoms with van der Waals surface area (Å²) in [6.07, 6.45) is 5.48. The number of aromatic nitrogens is 2. The molecule has 1 fully saturated rings. The molecule has 112 valence electrons. The minimum Gasteiger partial charge on any atom is -0.351 e. The summed E-state index contributed by atoms with van der Waals surface area (Å²) in [5.41, 5.74) is -0.146. The Morgan fingerprint density at radius 3 is 2.43 bits per heavy atom. The van der Waals surface area contributed by atoms with Gasteiger partial charge in [0.2, 0.25) is 5.82 Å². The first-order valence-electron chi connectivity index (χ1n) is 6.97. The molecule has 7 nitrogen and oxygen atoms in total. The lowest BCUT2D eigenvalue weighted by Gasteiger charge is -2.25. The van der Waals surface area contributed by atoms with Gasteiger partial charge in [0.1, 0.15) is 11.2 Å². The maximum Gasteiger partial charge on any atom is 0.344 e. The smallest absolute Gasteiger partial charge is 0.344 e. The van der Waals surface area contributed by atoms with Gasteiger partial charge in [-0.05, 0) is 19.8 Å². The quantitative estimate of drug-likeness (QED) is 0.278. The molecule has 0 N–H and O–H groups in total. The van der Waals surface area contributed by atoms with Crippen LogP contribution in [0.3, 0.4) is 0 Å². The maximum absolute atomic E-state index is 11.4. The van der Waals surface area contributed by atoms with Crippen LogP contribution in [0.1, 0.15) is 37.9 Å². The van der Waals surface area contributed by atoms with Crippen molar-refractivity contribution < 1.29 is 4.92 Å². The van der Waals surface area contributed by atoms with Gasteiger partial charge in [0.25, 0.3) is 0 Å². The standard InChI is InChI=1S/C13H17N5O2S/c1-10-15-12(17-7-5-3-2-4-6-8-17)11(18(19)20)13(16-10)21-9-14/h2-8H2,1H3. The van der Waals surface area contributed by atoms with Crippen LogP contribution >= 0.6 is 11.8 Å². The SMILES string of the molecule is Cc1nc(SC#N)c([N+](=O)[O-])c(N2CCCCCCC2)n1. The van der Waals surface area contributed by atoms with Crippen LogP contribution < -0.4 is 4.90 Å². The van der Waals surface area contributed by atoms with Gasteiger partial charge in [0.05, 0.1) is 4.92 Å². The molecule has 21 heavy (non-hydrogen) atoms. The number of thioether (sulfide) groups is 1. The fraction of sp³-hybridized carbons (Fsp3) is 0.615. The highest BCUT2D eigenvalue weighted by molar-refractivity contribution is 8.03. The highest BCUT2D eigenvalue weighted by Gasteiger charge is 2.28. The highest BCUT2D eigenvalue weighted by atomic mass is 32.2. The fourth-order valence-corrected chi connectivity index (χ4v) is 3.01. The number of hydrogen-bond donors (Lipinski definition) is 0. The molecule has 1 aliphatic heterocycles. The van der Waals surface area contributed by atoms with Gasteiger partial charge in [-0.15, -0.1) is 0 Å². The van der Waals surface area contributed by atoms with E-state index in [0.29, 0.717) is 11.6 Å². The average molecular weight is 307 g/mol. The predicted molar refractivity (Wildman–Crippen MR) is 80.2 cm³/mol. The number of nitrogens with zero attached hydrogens (tertiary/aromatic N) is 5. The molecular formula is C13H17N5O2S. The average Bonchev–Trinajstić information content (AvgIpc) is 2.37. The zero-order valence-corrected chi connectivity index (χ0v) is 12.7. The van der Waals surface area contributed by atoms with E-state index in [4.69, 9.17) is 5.26 Å². The summed E-state index contributed by atoms with van der Waals surface area (Å²) >= 11 is 0.718. The molecule has 1 aliphatic rings. The van der Waals surface area contributed by atoms with Crippen LogP contribution in [0.2, 0.25) is 0 Å². The van der Waals surface area contributed by atoms with E-state index in [1.165, 1.54) is 6.42 Å². The van der Waals surface area contributed by atoms with E-state index in [0.717, 1.165) is 50.5 Å². The van der Waals surface area contributed by atoms with Crippen LogP contribution in [-0.2, 0) is 0 Å². The van der Waals surface area contributed by atoms with Gasteiger partial charge in [-0.3, -0.25) is 10.1 Å². The van der Waals surface area contributed by atoms with Crippen molar-refractivity contribution in [2.75, 3.05) is 18.0 Å².